The second-order valence-corrected chi connectivity index (χ2v) is 9.45. The minimum atomic E-state index is -0.987. The van der Waals surface area contributed by atoms with E-state index in [4.69, 9.17) is 5.11 Å². The molecule has 0 aliphatic carbocycles. The lowest BCUT2D eigenvalue weighted by Gasteiger charge is -2.07. The summed E-state index contributed by atoms with van der Waals surface area (Å²) in [5.41, 5.74) is 5.32. The molecule has 1 aliphatic heterocycles. The number of amides is 1. The van der Waals surface area contributed by atoms with E-state index in [1.165, 1.54) is 39.9 Å². The second kappa shape index (κ2) is 9.27. The Labute approximate surface area is 207 Å². The molecule has 1 fully saturated rings. The summed E-state index contributed by atoms with van der Waals surface area (Å²) in [5.74, 6) is -1.11. The quantitative estimate of drug-likeness (QED) is 0.359. The summed E-state index contributed by atoms with van der Waals surface area (Å²) in [6.45, 7) is 2.83. The number of para-hydroxylation sites is 1. The monoisotopic (exact) mass is 481 g/mol. The van der Waals surface area contributed by atoms with Crippen LogP contribution in [0.4, 0.5) is 5.69 Å². The number of likely N-dealkylation sites (N-methyl/N-ethyl adjacent to an activating group) is 1. The molecule has 0 bridgehead atoms. The van der Waals surface area contributed by atoms with Gasteiger partial charge in [-0.2, -0.15) is 0 Å². The van der Waals surface area contributed by atoms with Gasteiger partial charge in [-0.25, -0.2) is 9.79 Å². The lowest BCUT2D eigenvalue weighted by Crippen LogP contribution is -2.23. The van der Waals surface area contributed by atoms with Crippen molar-refractivity contribution < 1.29 is 14.7 Å². The van der Waals surface area contributed by atoms with Gasteiger partial charge in [0.25, 0.3) is 5.91 Å². The van der Waals surface area contributed by atoms with Crippen molar-refractivity contribution in [3.05, 3.63) is 106 Å². The van der Waals surface area contributed by atoms with Crippen molar-refractivity contribution in [1.82, 2.24) is 9.47 Å². The average Bonchev–Trinajstić information content (AvgIpc) is 3.32. The molecule has 0 unspecified atom stereocenters. The molecular formula is C28H23N3O3S. The van der Waals surface area contributed by atoms with Crippen LogP contribution in [0.1, 0.15) is 27.0 Å². The molecule has 1 aliphatic rings. The number of aromatic carboxylic acids is 1. The number of carboxylic acids is 1. The molecule has 1 aromatic heterocycles. The number of amidine groups is 1. The molecule has 0 radical (unpaired) electrons. The number of hydrogen-bond acceptors (Lipinski definition) is 4. The fourth-order valence-electron chi connectivity index (χ4n) is 4.11. The molecule has 0 saturated carbocycles. The van der Waals surface area contributed by atoms with Crippen LogP contribution < -0.4 is 0 Å². The van der Waals surface area contributed by atoms with Gasteiger partial charge in [0.2, 0.25) is 0 Å². The minimum Gasteiger partial charge on any atom is -0.478 e. The van der Waals surface area contributed by atoms with Crippen LogP contribution in [0.2, 0.25) is 0 Å². The van der Waals surface area contributed by atoms with Crippen molar-refractivity contribution in [2.24, 2.45) is 4.99 Å². The highest BCUT2D eigenvalue weighted by atomic mass is 32.2. The summed E-state index contributed by atoms with van der Waals surface area (Å²) < 4.78 is 2.21. The van der Waals surface area contributed by atoms with E-state index in [2.05, 4.69) is 59.1 Å². The zero-order valence-corrected chi connectivity index (χ0v) is 20.1. The Kier molecular flexibility index (Phi) is 6.01. The van der Waals surface area contributed by atoms with Gasteiger partial charge in [-0.05, 0) is 60.7 Å². The van der Waals surface area contributed by atoms with Gasteiger partial charge in [-0.15, -0.1) is 0 Å². The van der Waals surface area contributed by atoms with Crippen LogP contribution >= 0.6 is 11.8 Å². The van der Waals surface area contributed by atoms with Gasteiger partial charge in [-0.1, -0.05) is 48.0 Å². The molecule has 4 aromatic rings. The van der Waals surface area contributed by atoms with Crippen LogP contribution in [0.5, 0.6) is 0 Å². The maximum absolute atomic E-state index is 13.0. The number of nitrogens with zero attached hydrogens (tertiary/aromatic N) is 3. The predicted molar refractivity (Wildman–Crippen MR) is 141 cm³/mol. The molecule has 6 nitrogen and oxygen atoms in total. The Morgan fingerprint density at radius 1 is 1.06 bits per heavy atom. The Bertz CT molecular complexity index is 1520. The van der Waals surface area contributed by atoms with Gasteiger partial charge >= 0.3 is 5.97 Å². The molecule has 1 amide bonds. The maximum atomic E-state index is 13.0. The Morgan fingerprint density at radius 3 is 2.57 bits per heavy atom. The second-order valence-electron chi connectivity index (χ2n) is 8.44. The topological polar surface area (TPSA) is 74.9 Å². The number of aryl methyl sites for hydroxylation is 1. The first-order valence-electron chi connectivity index (χ1n) is 11.1. The summed E-state index contributed by atoms with van der Waals surface area (Å²) in [5, 5.41) is 10.7. The van der Waals surface area contributed by atoms with E-state index in [0.717, 1.165) is 23.0 Å². The first-order valence-corrected chi connectivity index (χ1v) is 11.9. The van der Waals surface area contributed by atoms with E-state index in [1.54, 1.807) is 19.2 Å². The molecule has 1 N–H and O–H groups in total. The Morgan fingerprint density at radius 2 is 1.83 bits per heavy atom. The van der Waals surface area contributed by atoms with Crippen LogP contribution in [-0.2, 0) is 11.3 Å². The Balaban J connectivity index is 1.47. The first kappa shape index (κ1) is 22.7. The average molecular weight is 482 g/mol. The summed E-state index contributed by atoms with van der Waals surface area (Å²) in [4.78, 5) is 30.7. The van der Waals surface area contributed by atoms with Crippen LogP contribution in [-0.4, -0.2) is 38.7 Å². The third-order valence-electron chi connectivity index (χ3n) is 5.88. The van der Waals surface area contributed by atoms with Crippen molar-refractivity contribution in [2.75, 3.05) is 7.05 Å². The molecule has 0 spiro atoms. The van der Waals surface area contributed by atoms with Crippen molar-refractivity contribution in [1.29, 1.82) is 0 Å². The molecule has 7 heteroatoms. The van der Waals surface area contributed by atoms with E-state index >= 15 is 0 Å². The van der Waals surface area contributed by atoms with Crippen molar-refractivity contribution in [3.63, 3.8) is 0 Å². The van der Waals surface area contributed by atoms with Crippen molar-refractivity contribution in [2.45, 2.75) is 13.5 Å². The number of aromatic nitrogens is 1. The summed E-state index contributed by atoms with van der Waals surface area (Å²) in [7, 11) is 1.70. The number of carboxylic acid groups (broad SMARTS) is 1. The first-order chi connectivity index (χ1) is 16.9. The number of rotatable bonds is 5. The third kappa shape index (κ3) is 4.63. The van der Waals surface area contributed by atoms with Gasteiger partial charge in [-0.3, -0.25) is 9.69 Å². The van der Waals surface area contributed by atoms with Crippen LogP contribution in [0.25, 0.3) is 17.0 Å². The fourth-order valence-corrected chi connectivity index (χ4v) is 5.09. The zero-order chi connectivity index (χ0) is 24.5. The molecule has 35 heavy (non-hydrogen) atoms. The molecule has 5 rings (SSSR count). The van der Waals surface area contributed by atoms with Gasteiger partial charge in [0.05, 0.1) is 16.2 Å². The third-order valence-corrected chi connectivity index (χ3v) is 6.94. The summed E-state index contributed by atoms with van der Waals surface area (Å²) >= 11 is 1.31. The normalized spacial score (nSPS) is 16.1. The summed E-state index contributed by atoms with van der Waals surface area (Å²) in [6.07, 6.45) is 4.02. The van der Waals surface area contributed by atoms with Crippen LogP contribution in [0.3, 0.4) is 0 Å². The highest BCUT2D eigenvalue weighted by Crippen LogP contribution is 2.35. The fraction of sp³-hybridized carbons (Fsp3) is 0.107. The molecule has 0 atom stereocenters. The van der Waals surface area contributed by atoms with E-state index in [9.17, 15) is 9.59 Å². The smallest absolute Gasteiger partial charge is 0.335 e. The van der Waals surface area contributed by atoms with E-state index in [1.807, 2.05) is 18.2 Å². The van der Waals surface area contributed by atoms with Gasteiger partial charge in [0.15, 0.2) is 5.17 Å². The zero-order valence-electron chi connectivity index (χ0n) is 19.3. The SMILES string of the molecule is Cc1cccc(Cn2cc(/C=C3\SC(=Nc4ccc(C(=O)O)cc4)N(C)C3=O)c3ccccc32)c1. The van der Waals surface area contributed by atoms with Crippen molar-refractivity contribution >= 4 is 51.5 Å². The highest BCUT2D eigenvalue weighted by Gasteiger charge is 2.30. The maximum Gasteiger partial charge on any atom is 0.335 e. The van der Waals surface area contributed by atoms with E-state index in [0.29, 0.717) is 15.8 Å². The van der Waals surface area contributed by atoms with Gasteiger partial charge in [0.1, 0.15) is 0 Å². The minimum absolute atomic E-state index is 0.119. The molecular weight excluding hydrogens is 458 g/mol. The van der Waals surface area contributed by atoms with E-state index < -0.39 is 5.97 Å². The van der Waals surface area contributed by atoms with Gasteiger partial charge in [0, 0.05) is 36.3 Å². The molecule has 174 valence electrons. The molecule has 1 saturated heterocycles. The number of thioether (sulfide) groups is 1. The summed E-state index contributed by atoms with van der Waals surface area (Å²) in [6, 6.07) is 22.9. The lowest BCUT2D eigenvalue weighted by molar-refractivity contribution is -0.121. The van der Waals surface area contributed by atoms with Gasteiger partial charge < -0.3 is 9.67 Å². The number of fused-ring (bicyclic) bond motifs is 1. The number of carbonyl (C=O) groups is 2. The van der Waals surface area contributed by atoms with E-state index in [-0.39, 0.29) is 11.5 Å². The number of benzene rings is 3. The number of aliphatic imine (C=N–C) groups is 1. The van der Waals surface area contributed by atoms with Crippen LogP contribution in [0, 0.1) is 6.92 Å². The lowest BCUT2D eigenvalue weighted by atomic mass is 10.1. The highest BCUT2D eigenvalue weighted by molar-refractivity contribution is 8.18. The Hall–Kier alpha value is -4.10. The van der Waals surface area contributed by atoms with Crippen molar-refractivity contribution in [3.8, 4) is 0 Å². The number of carbonyl (C=O) groups excluding carboxylic acids is 1. The molecule has 2 heterocycles. The number of hydrogen-bond donors (Lipinski definition) is 1. The predicted octanol–water partition coefficient (Wildman–Crippen LogP) is 5.93. The largest absolute Gasteiger partial charge is 0.478 e. The standard InChI is InChI=1S/C28H23N3O3S/c1-18-6-5-7-19(14-18)16-31-17-21(23-8-3-4-9-24(23)31)15-25-26(32)30(2)28(35-25)29-22-12-10-20(11-13-22)27(33)34/h3-15,17H,16H2,1-2H3,(H,33,34)/b25-15-,29-28?. The van der Waals surface area contributed by atoms with Crippen LogP contribution in [0.15, 0.2) is 88.9 Å². The molecule has 3 aromatic carbocycles.